The third-order valence-electron chi connectivity index (χ3n) is 2.54. The van der Waals surface area contributed by atoms with E-state index in [2.05, 4.69) is 5.32 Å². The number of amides is 1. The number of benzene rings is 1. The number of thioether (sulfide) groups is 1. The van der Waals surface area contributed by atoms with Crippen molar-refractivity contribution in [1.29, 1.82) is 0 Å². The molecule has 1 amide bonds. The van der Waals surface area contributed by atoms with E-state index in [4.69, 9.17) is 11.6 Å². The number of nitrogens with zero attached hydrogens (tertiary/aromatic N) is 1. The molecule has 1 N–H and O–H groups in total. The summed E-state index contributed by atoms with van der Waals surface area (Å²) >= 11 is 7.40. The number of nitro groups is 1. The summed E-state index contributed by atoms with van der Waals surface area (Å²) in [6.45, 7) is 1.90. The highest BCUT2D eigenvalue weighted by Crippen LogP contribution is 2.25. The summed E-state index contributed by atoms with van der Waals surface area (Å²) < 4.78 is 0. The SMILES string of the molecule is CSCCC(C)NC(=O)c1ccc(Cl)c([N+](=O)[O-])c1. The fourth-order valence-corrected chi connectivity index (χ4v) is 2.24. The Balaban J connectivity index is 2.77. The first kappa shape index (κ1) is 15.8. The number of carbonyl (C=O) groups is 1. The van der Waals surface area contributed by atoms with Crippen LogP contribution in [-0.2, 0) is 0 Å². The predicted molar refractivity (Wildman–Crippen MR) is 78.0 cm³/mol. The lowest BCUT2D eigenvalue weighted by Crippen LogP contribution is -2.32. The zero-order valence-corrected chi connectivity index (χ0v) is 12.3. The van der Waals surface area contributed by atoms with Gasteiger partial charge < -0.3 is 5.32 Å². The first-order chi connectivity index (χ1) is 8.95. The van der Waals surface area contributed by atoms with E-state index in [9.17, 15) is 14.9 Å². The van der Waals surface area contributed by atoms with Crippen molar-refractivity contribution in [3.63, 3.8) is 0 Å². The molecule has 0 fully saturated rings. The Hall–Kier alpha value is -1.27. The molecular weight excluding hydrogens is 288 g/mol. The van der Waals surface area contributed by atoms with E-state index in [0.717, 1.165) is 12.2 Å². The highest BCUT2D eigenvalue weighted by Gasteiger charge is 2.17. The number of nitro benzene ring substituents is 1. The van der Waals surface area contributed by atoms with Crippen LogP contribution in [-0.4, -0.2) is 28.9 Å². The van der Waals surface area contributed by atoms with Gasteiger partial charge in [-0.05, 0) is 37.5 Å². The second-order valence-electron chi connectivity index (χ2n) is 4.08. The molecule has 1 atom stereocenters. The number of carbonyl (C=O) groups excluding carboxylic acids is 1. The summed E-state index contributed by atoms with van der Waals surface area (Å²) in [7, 11) is 0. The molecule has 1 aromatic carbocycles. The van der Waals surface area contributed by atoms with E-state index < -0.39 is 4.92 Å². The molecule has 19 heavy (non-hydrogen) atoms. The largest absolute Gasteiger partial charge is 0.350 e. The molecule has 0 saturated heterocycles. The fraction of sp³-hybridized carbons (Fsp3) is 0.417. The Morgan fingerprint density at radius 1 is 1.58 bits per heavy atom. The molecule has 1 rings (SSSR count). The van der Waals surface area contributed by atoms with Gasteiger partial charge in [-0.25, -0.2) is 0 Å². The first-order valence-corrected chi connectivity index (χ1v) is 7.46. The van der Waals surface area contributed by atoms with Gasteiger partial charge in [-0.1, -0.05) is 11.6 Å². The zero-order valence-electron chi connectivity index (χ0n) is 10.7. The van der Waals surface area contributed by atoms with E-state index in [1.54, 1.807) is 11.8 Å². The van der Waals surface area contributed by atoms with Gasteiger partial charge in [0.15, 0.2) is 0 Å². The van der Waals surface area contributed by atoms with Gasteiger partial charge in [0, 0.05) is 17.7 Å². The van der Waals surface area contributed by atoms with E-state index in [1.807, 2.05) is 13.2 Å². The van der Waals surface area contributed by atoms with Gasteiger partial charge in [0.1, 0.15) is 5.02 Å². The minimum Gasteiger partial charge on any atom is -0.350 e. The van der Waals surface area contributed by atoms with Gasteiger partial charge in [0.2, 0.25) is 0 Å². The highest BCUT2D eigenvalue weighted by molar-refractivity contribution is 7.98. The molecule has 0 aliphatic carbocycles. The average Bonchev–Trinajstić information content (AvgIpc) is 2.36. The van der Waals surface area contributed by atoms with Crippen molar-refractivity contribution in [2.24, 2.45) is 0 Å². The van der Waals surface area contributed by atoms with Gasteiger partial charge in [0.25, 0.3) is 11.6 Å². The Labute approximate surface area is 120 Å². The van der Waals surface area contributed by atoms with Crippen LogP contribution in [0.2, 0.25) is 5.02 Å². The van der Waals surface area contributed by atoms with E-state index in [0.29, 0.717) is 0 Å². The van der Waals surface area contributed by atoms with Gasteiger partial charge in [-0.2, -0.15) is 11.8 Å². The molecule has 0 aromatic heterocycles. The van der Waals surface area contributed by atoms with Gasteiger partial charge >= 0.3 is 0 Å². The number of hydrogen-bond donors (Lipinski definition) is 1. The standard InChI is InChI=1S/C12H15ClN2O3S/c1-8(5-6-19-2)14-12(16)9-3-4-10(13)11(7-9)15(17)18/h3-4,7-8H,5-6H2,1-2H3,(H,14,16). The minimum atomic E-state index is -0.601. The molecule has 0 spiro atoms. The van der Waals surface area contributed by atoms with Crippen molar-refractivity contribution >= 4 is 35.0 Å². The third kappa shape index (κ3) is 4.72. The smallest absolute Gasteiger partial charge is 0.288 e. The number of nitrogens with one attached hydrogen (secondary N) is 1. The summed E-state index contributed by atoms with van der Waals surface area (Å²) in [5.74, 6) is 0.621. The van der Waals surface area contributed by atoms with Crippen LogP contribution in [0.1, 0.15) is 23.7 Å². The summed E-state index contributed by atoms with van der Waals surface area (Å²) in [5, 5.41) is 13.6. The fourth-order valence-electron chi connectivity index (χ4n) is 1.47. The van der Waals surface area contributed by atoms with Crippen LogP contribution in [0.4, 0.5) is 5.69 Å². The molecule has 0 aliphatic heterocycles. The molecule has 104 valence electrons. The second kappa shape index (κ2) is 7.35. The van der Waals surface area contributed by atoms with E-state index in [1.165, 1.54) is 18.2 Å². The second-order valence-corrected chi connectivity index (χ2v) is 5.47. The average molecular weight is 303 g/mol. The Morgan fingerprint density at radius 2 is 2.26 bits per heavy atom. The van der Waals surface area contributed by atoms with Crippen molar-refractivity contribution in [2.75, 3.05) is 12.0 Å². The lowest BCUT2D eigenvalue weighted by atomic mass is 10.1. The molecule has 0 aliphatic rings. The van der Waals surface area contributed by atoms with Crippen LogP contribution in [0, 0.1) is 10.1 Å². The monoisotopic (exact) mass is 302 g/mol. The van der Waals surface area contributed by atoms with Gasteiger partial charge in [-0.15, -0.1) is 0 Å². The van der Waals surface area contributed by atoms with Crippen molar-refractivity contribution in [1.82, 2.24) is 5.32 Å². The van der Waals surface area contributed by atoms with Crippen molar-refractivity contribution < 1.29 is 9.72 Å². The maximum atomic E-state index is 11.9. The quantitative estimate of drug-likeness (QED) is 0.647. The molecule has 0 saturated carbocycles. The topological polar surface area (TPSA) is 72.2 Å². The summed E-state index contributed by atoms with van der Waals surface area (Å²) in [6, 6.07) is 4.06. The minimum absolute atomic E-state index is 0.0229. The lowest BCUT2D eigenvalue weighted by molar-refractivity contribution is -0.384. The van der Waals surface area contributed by atoms with Crippen molar-refractivity contribution in [3.05, 3.63) is 38.9 Å². The number of halogens is 1. The molecule has 7 heteroatoms. The van der Waals surface area contributed by atoms with Crippen LogP contribution in [0.15, 0.2) is 18.2 Å². The lowest BCUT2D eigenvalue weighted by Gasteiger charge is -2.13. The van der Waals surface area contributed by atoms with Crippen LogP contribution >= 0.6 is 23.4 Å². The number of hydrogen-bond acceptors (Lipinski definition) is 4. The Morgan fingerprint density at radius 3 is 2.84 bits per heavy atom. The Kier molecular flexibility index (Phi) is 6.11. The molecule has 0 heterocycles. The van der Waals surface area contributed by atoms with E-state index in [-0.39, 0.29) is 28.2 Å². The summed E-state index contributed by atoms with van der Waals surface area (Å²) in [5.41, 5.74) is -0.0156. The molecule has 0 bridgehead atoms. The van der Waals surface area contributed by atoms with Crippen LogP contribution in [0.5, 0.6) is 0 Å². The highest BCUT2D eigenvalue weighted by atomic mass is 35.5. The normalized spacial score (nSPS) is 11.9. The number of rotatable bonds is 6. The summed E-state index contributed by atoms with van der Waals surface area (Å²) in [4.78, 5) is 22.1. The van der Waals surface area contributed by atoms with Gasteiger partial charge in [0.05, 0.1) is 4.92 Å². The van der Waals surface area contributed by atoms with E-state index >= 15 is 0 Å². The Bertz CT molecular complexity index is 482. The predicted octanol–water partition coefficient (Wildman–Crippen LogP) is 3.12. The van der Waals surface area contributed by atoms with Crippen LogP contribution < -0.4 is 5.32 Å². The maximum Gasteiger partial charge on any atom is 0.288 e. The van der Waals surface area contributed by atoms with Crippen molar-refractivity contribution in [3.8, 4) is 0 Å². The molecule has 1 aromatic rings. The summed E-state index contributed by atoms with van der Waals surface area (Å²) in [6.07, 6.45) is 2.85. The van der Waals surface area contributed by atoms with Crippen LogP contribution in [0.3, 0.4) is 0 Å². The van der Waals surface area contributed by atoms with Crippen LogP contribution in [0.25, 0.3) is 0 Å². The maximum absolute atomic E-state index is 11.9. The van der Waals surface area contributed by atoms with Crippen molar-refractivity contribution in [2.45, 2.75) is 19.4 Å². The molecule has 0 radical (unpaired) electrons. The zero-order chi connectivity index (χ0) is 14.4. The van der Waals surface area contributed by atoms with Gasteiger partial charge in [-0.3, -0.25) is 14.9 Å². The molecule has 5 nitrogen and oxygen atoms in total. The first-order valence-electron chi connectivity index (χ1n) is 5.69. The molecule has 1 unspecified atom stereocenters. The molecular formula is C12H15ClN2O3S. The third-order valence-corrected chi connectivity index (χ3v) is 3.50.